The Morgan fingerprint density at radius 2 is 2.06 bits per heavy atom. The molecule has 0 heterocycles. The zero-order valence-corrected chi connectivity index (χ0v) is 11.3. The van der Waals surface area contributed by atoms with Crippen LogP contribution in [0.25, 0.3) is 0 Å². The number of rotatable bonds is 7. The number of unbranched alkanes of at least 4 members (excludes halogenated alkanes) is 3. The Morgan fingerprint density at radius 3 is 2.71 bits per heavy atom. The summed E-state index contributed by atoms with van der Waals surface area (Å²) in [5.74, 6) is 0.236. The summed E-state index contributed by atoms with van der Waals surface area (Å²) < 4.78 is 0. The van der Waals surface area contributed by atoms with E-state index in [4.69, 9.17) is 5.11 Å². The molecular weight excluding hydrogens is 232 g/mol. The molecule has 1 N–H and O–H groups in total. The van der Waals surface area contributed by atoms with Crippen molar-refractivity contribution in [3.8, 4) is 0 Å². The van der Waals surface area contributed by atoms with E-state index in [1.165, 1.54) is 25.7 Å². The first-order valence-electron chi connectivity index (χ1n) is 6.12. The fourth-order valence-electron chi connectivity index (χ4n) is 1.71. The molecule has 0 aliphatic heterocycles. The Hall–Kier alpha value is -0.960. The van der Waals surface area contributed by atoms with Crippen LogP contribution in [0.4, 0.5) is 0 Å². The van der Waals surface area contributed by atoms with Crippen LogP contribution in [0, 0.1) is 6.92 Å². The van der Waals surface area contributed by atoms with Crippen molar-refractivity contribution >= 4 is 17.7 Å². The molecule has 0 amide bonds. The van der Waals surface area contributed by atoms with Gasteiger partial charge in [-0.15, -0.1) is 11.8 Å². The average Bonchev–Trinajstić information content (AvgIpc) is 2.30. The summed E-state index contributed by atoms with van der Waals surface area (Å²) in [6, 6.07) is 5.50. The summed E-state index contributed by atoms with van der Waals surface area (Å²) in [4.78, 5) is 12.1. The molecule has 1 aromatic carbocycles. The Bertz CT molecular complexity index is 374. The lowest BCUT2D eigenvalue weighted by atomic mass is 10.1. The summed E-state index contributed by atoms with van der Waals surface area (Å²) in [7, 11) is 0. The van der Waals surface area contributed by atoms with Crippen LogP contribution in [0.5, 0.6) is 0 Å². The molecule has 0 atom stereocenters. The third-order valence-electron chi connectivity index (χ3n) is 2.77. The van der Waals surface area contributed by atoms with Gasteiger partial charge in [-0.25, -0.2) is 4.79 Å². The lowest BCUT2D eigenvalue weighted by molar-refractivity contribution is 0.0696. The van der Waals surface area contributed by atoms with Crippen molar-refractivity contribution in [2.75, 3.05) is 5.75 Å². The highest BCUT2D eigenvalue weighted by Gasteiger charge is 2.09. The number of thioether (sulfide) groups is 1. The van der Waals surface area contributed by atoms with Gasteiger partial charge in [-0.2, -0.15) is 0 Å². The maximum atomic E-state index is 11.0. The van der Waals surface area contributed by atoms with E-state index in [-0.39, 0.29) is 0 Å². The topological polar surface area (TPSA) is 37.3 Å². The predicted molar refractivity (Wildman–Crippen MR) is 73.0 cm³/mol. The van der Waals surface area contributed by atoms with E-state index >= 15 is 0 Å². The molecule has 1 aromatic rings. The molecule has 0 spiro atoms. The normalized spacial score (nSPS) is 10.5. The van der Waals surface area contributed by atoms with Crippen molar-refractivity contribution in [2.24, 2.45) is 0 Å². The van der Waals surface area contributed by atoms with Crippen molar-refractivity contribution in [2.45, 2.75) is 44.4 Å². The Labute approximate surface area is 107 Å². The number of carbonyl (C=O) groups is 1. The predicted octanol–water partition coefficient (Wildman–Crippen LogP) is 4.37. The minimum absolute atomic E-state index is 0.420. The highest BCUT2D eigenvalue weighted by atomic mass is 32.2. The molecule has 1 rings (SSSR count). The Morgan fingerprint density at radius 1 is 1.29 bits per heavy atom. The smallest absolute Gasteiger partial charge is 0.335 e. The van der Waals surface area contributed by atoms with Gasteiger partial charge in [0.2, 0.25) is 0 Å². The van der Waals surface area contributed by atoms with E-state index in [9.17, 15) is 4.79 Å². The van der Waals surface area contributed by atoms with Crippen molar-refractivity contribution in [3.63, 3.8) is 0 Å². The molecule has 3 heteroatoms. The number of hydrogen-bond donors (Lipinski definition) is 1. The van der Waals surface area contributed by atoms with Gasteiger partial charge in [-0.05, 0) is 36.8 Å². The van der Waals surface area contributed by atoms with E-state index in [0.29, 0.717) is 5.56 Å². The SMILES string of the molecule is CCCCCCSc1cccc(C(=O)O)c1C. The fourth-order valence-corrected chi connectivity index (χ4v) is 2.78. The molecule has 0 unspecified atom stereocenters. The first-order chi connectivity index (χ1) is 8.16. The van der Waals surface area contributed by atoms with Gasteiger partial charge >= 0.3 is 5.97 Å². The van der Waals surface area contributed by atoms with Crippen LogP contribution in [0.15, 0.2) is 23.1 Å². The zero-order valence-electron chi connectivity index (χ0n) is 10.5. The van der Waals surface area contributed by atoms with Gasteiger partial charge in [0.15, 0.2) is 0 Å². The highest BCUT2D eigenvalue weighted by molar-refractivity contribution is 7.99. The molecule has 0 radical (unpaired) electrons. The van der Waals surface area contributed by atoms with E-state index in [2.05, 4.69) is 6.92 Å². The molecule has 0 saturated carbocycles. The summed E-state index contributed by atoms with van der Waals surface area (Å²) in [6.07, 6.45) is 5.00. The molecule has 17 heavy (non-hydrogen) atoms. The highest BCUT2D eigenvalue weighted by Crippen LogP contribution is 2.26. The maximum absolute atomic E-state index is 11.0. The minimum Gasteiger partial charge on any atom is -0.478 e. The summed E-state index contributed by atoms with van der Waals surface area (Å²) >= 11 is 1.77. The van der Waals surface area contributed by atoms with E-state index < -0.39 is 5.97 Å². The van der Waals surface area contributed by atoms with Crippen molar-refractivity contribution < 1.29 is 9.90 Å². The first-order valence-corrected chi connectivity index (χ1v) is 7.11. The largest absolute Gasteiger partial charge is 0.478 e. The maximum Gasteiger partial charge on any atom is 0.335 e. The fraction of sp³-hybridized carbons (Fsp3) is 0.500. The molecule has 0 aliphatic carbocycles. The standard InChI is InChI=1S/C14H20O2S/c1-3-4-5-6-10-17-13-9-7-8-12(11(13)2)14(15)16/h7-9H,3-6,10H2,1-2H3,(H,15,16). The molecule has 0 aliphatic rings. The molecule has 94 valence electrons. The molecule has 0 aromatic heterocycles. The number of benzene rings is 1. The molecule has 0 saturated heterocycles. The monoisotopic (exact) mass is 252 g/mol. The molecular formula is C14H20O2S. The van der Waals surface area contributed by atoms with Crippen LogP contribution in [0.1, 0.15) is 48.5 Å². The van der Waals surface area contributed by atoms with Crippen molar-refractivity contribution in [1.82, 2.24) is 0 Å². The van der Waals surface area contributed by atoms with E-state index in [0.717, 1.165) is 16.2 Å². The molecule has 0 bridgehead atoms. The van der Waals surface area contributed by atoms with Gasteiger partial charge in [-0.3, -0.25) is 0 Å². The van der Waals surface area contributed by atoms with Crippen LogP contribution in [0.2, 0.25) is 0 Å². The van der Waals surface area contributed by atoms with Crippen LogP contribution in [0.3, 0.4) is 0 Å². The second-order valence-electron chi connectivity index (χ2n) is 4.14. The lowest BCUT2D eigenvalue weighted by Gasteiger charge is -2.08. The quantitative estimate of drug-likeness (QED) is 0.578. The van der Waals surface area contributed by atoms with Gasteiger partial charge in [0.05, 0.1) is 5.56 Å². The van der Waals surface area contributed by atoms with Gasteiger partial charge in [0, 0.05) is 4.90 Å². The lowest BCUT2D eigenvalue weighted by Crippen LogP contribution is -2.00. The van der Waals surface area contributed by atoms with Gasteiger partial charge in [0.25, 0.3) is 0 Å². The Kier molecular flexibility index (Phi) is 6.12. The van der Waals surface area contributed by atoms with Crippen LogP contribution < -0.4 is 0 Å². The van der Waals surface area contributed by atoms with Gasteiger partial charge in [0.1, 0.15) is 0 Å². The van der Waals surface area contributed by atoms with Crippen molar-refractivity contribution in [1.29, 1.82) is 0 Å². The molecule has 2 nitrogen and oxygen atoms in total. The van der Waals surface area contributed by atoms with Gasteiger partial charge in [-0.1, -0.05) is 32.3 Å². The van der Waals surface area contributed by atoms with E-state index in [1.807, 2.05) is 19.1 Å². The second-order valence-corrected chi connectivity index (χ2v) is 5.28. The summed E-state index contributed by atoms with van der Waals surface area (Å²) in [6.45, 7) is 4.09. The first kappa shape index (κ1) is 14.1. The average molecular weight is 252 g/mol. The number of carboxylic acid groups (broad SMARTS) is 1. The molecule has 0 fully saturated rings. The summed E-state index contributed by atoms with van der Waals surface area (Å²) in [5.41, 5.74) is 1.31. The van der Waals surface area contributed by atoms with Crippen LogP contribution in [-0.2, 0) is 0 Å². The number of carboxylic acids is 1. The van der Waals surface area contributed by atoms with Crippen LogP contribution >= 0.6 is 11.8 Å². The second kappa shape index (κ2) is 7.38. The Balaban J connectivity index is 2.54. The summed E-state index contributed by atoms with van der Waals surface area (Å²) in [5, 5.41) is 9.02. The van der Waals surface area contributed by atoms with Gasteiger partial charge < -0.3 is 5.11 Å². The number of hydrogen-bond acceptors (Lipinski definition) is 2. The zero-order chi connectivity index (χ0) is 12.7. The third kappa shape index (κ3) is 4.43. The third-order valence-corrected chi connectivity index (χ3v) is 4.02. The number of aromatic carboxylic acids is 1. The minimum atomic E-state index is -0.837. The van der Waals surface area contributed by atoms with Crippen molar-refractivity contribution in [3.05, 3.63) is 29.3 Å². The van der Waals surface area contributed by atoms with E-state index in [1.54, 1.807) is 17.8 Å². The van der Waals surface area contributed by atoms with Crippen LogP contribution in [-0.4, -0.2) is 16.8 Å².